The van der Waals surface area contributed by atoms with Crippen LogP contribution in [0.15, 0.2) is 18.7 Å². The fourth-order valence-electron chi connectivity index (χ4n) is 2.12. The summed E-state index contributed by atoms with van der Waals surface area (Å²) in [6, 6.07) is 0. The molecule has 0 aliphatic heterocycles. The van der Waals surface area contributed by atoms with Crippen molar-refractivity contribution in [2.75, 3.05) is 0 Å². The number of Topliss-reactive ketones (excluding diaryl/α,β-unsaturated/α-hetero) is 1. The number of carbonyl (C=O) groups is 1. The summed E-state index contributed by atoms with van der Waals surface area (Å²) in [4.78, 5) is 15.6. The second-order valence-electron chi connectivity index (χ2n) is 5.00. The molecule has 102 valence electrons. The third-order valence-electron chi connectivity index (χ3n) is 3.23. The Kier molecular flexibility index (Phi) is 8.19. The number of carbonyl (C=O) groups excluding carboxylic acids is 1. The van der Waals surface area contributed by atoms with Crippen molar-refractivity contribution in [3.63, 3.8) is 0 Å². The van der Waals surface area contributed by atoms with Crippen molar-refractivity contribution in [2.45, 2.75) is 71.3 Å². The Hall–Kier alpha value is -1.12. The molecule has 0 fully saturated rings. The minimum atomic E-state index is 0.319. The molecule has 0 saturated heterocycles. The number of hydrogen-bond acceptors (Lipinski definition) is 2. The summed E-state index contributed by atoms with van der Waals surface area (Å²) in [7, 11) is 0. The van der Waals surface area contributed by atoms with Gasteiger partial charge in [-0.2, -0.15) is 0 Å². The number of imidazole rings is 1. The lowest BCUT2D eigenvalue weighted by atomic mass is 10.1. The van der Waals surface area contributed by atoms with Crippen molar-refractivity contribution in [3.05, 3.63) is 18.7 Å². The Morgan fingerprint density at radius 3 is 2.33 bits per heavy atom. The lowest BCUT2D eigenvalue weighted by molar-refractivity contribution is -0.119. The maximum absolute atomic E-state index is 11.6. The van der Waals surface area contributed by atoms with Crippen LogP contribution in [0.5, 0.6) is 0 Å². The minimum absolute atomic E-state index is 0.319. The molecular formula is C15H26N2O. The van der Waals surface area contributed by atoms with Crippen LogP contribution in [-0.2, 0) is 11.3 Å². The average Bonchev–Trinajstić information content (AvgIpc) is 2.85. The van der Waals surface area contributed by atoms with E-state index in [9.17, 15) is 4.79 Å². The first-order chi connectivity index (χ1) is 8.83. The zero-order valence-electron chi connectivity index (χ0n) is 11.6. The molecule has 0 N–H and O–H groups in total. The van der Waals surface area contributed by atoms with Gasteiger partial charge in [0.05, 0.1) is 12.9 Å². The van der Waals surface area contributed by atoms with Gasteiger partial charge in [0.25, 0.3) is 0 Å². The number of aromatic nitrogens is 2. The monoisotopic (exact) mass is 250 g/mol. The van der Waals surface area contributed by atoms with E-state index in [1.165, 1.54) is 44.9 Å². The maximum atomic E-state index is 11.6. The molecule has 1 aromatic rings. The number of ketones is 1. The molecule has 0 unspecified atom stereocenters. The van der Waals surface area contributed by atoms with Crippen LogP contribution in [0.1, 0.15) is 64.7 Å². The average molecular weight is 250 g/mol. The van der Waals surface area contributed by atoms with Crippen molar-refractivity contribution in [2.24, 2.45) is 0 Å². The maximum Gasteiger partial charge on any atom is 0.152 e. The molecule has 0 aliphatic carbocycles. The largest absolute Gasteiger partial charge is 0.330 e. The van der Waals surface area contributed by atoms with Gasteiger partial charge in [-0.25, -0.2) is 4.98 Å². The number of rotatable bonds is 11. The Bertz CT molecular complexity index is 306. The Morgan fingerprint density at radius 1 is 1.06 bits per heavy atom. The summed E-state index contributed by atoms with van der Waals surface area (Å²) in [5.41, 5.74) is 0. The van der Waals surface area contributed by atoms with Gasteiger partial charge >= 0.3 is 0 Å². The summed E-state index contributed by atoms with van der Waals surface area (Å²) in [5, 5.41) is 0. The molecule has 0 spiro atoms. The topological polar surface area (TPSA) is 34.9 Å². The van der Waals surface area contributed by atoms with E-state index < -0.39 is 0 Å². The second kappa shape index (κ2) is 9.86. The first-order valence-electron chi connectivity index (χ1n) is 7.30. The number of nitrogens with zero attached hydrogens (tertiary/aromatic N) is 2. The van der Waals surface area contributed by atoms with E-state index in [4.69, 9.17) is 0 Å². The smallest absolute Gasteiger partial charge is 0.152 e. The van der Waals surface area contributed by atoms with Crippen LogP contribution in [0.2, 0.25) is 0 Å². The van der Waals surface area contributed by atoms with E-state index in [0.29, 0.717) is 18.7 Å². The van der Waals surface area contributed by atoms with Crippen LogP contribution in [0.25, 0.3) is 0 Å². The number of unbranched alkanes of at least 4 members (excludes halogenated alkanes) is 7. The van der Waals surface area contributed by atoms with Crippen molar-refractivity contribution in [1.29, 1.82) is 0 Å². The Morgan fingerprint density at radius 2 is 1.72 bits per heavy atom. The summed E-state index contributed by atoms with van der Waals surface area (Å²) in [6.45, 7) is 2.72. The lowest BCUT2D eigenvalue weighted by Gasteiger charge is -2.02. The van der Waals surface area contributed by atoms with Gasteiger partial charge in [0.2, 0.25) is 0 Å². The van der Waals surface area contributed by atoms with Crippen LogP contribution in [-0.4, -0.2) is 15.3 Å². The molecule has 3 nitrogen and oxygen atoms in total. The van der Waals surface area contributed by atoms with Crippen LogP contribution in [0.4, 0.5) is 0 Å². The second-order valence-corrected chi connectivity index (χ2v) is 5.00. The molecule has 0 radical (unpaired) electrons. The predicted molar refractivity (Wildman–Crippen MR) is 74.5 cm³/mol. The highest BCUT2D eigenvalue weighted by Gasteiger charge is 2.02. The van der Waals surface area contributed by atoms with Crippen LogP contribution in [0.3, 0.4) is 0 Å². The Labute approximate surface area is 111 Å². The summed E-state index contributed by atoms with van der Waals surface area (Å²) in [6.07, 6.45) is 16.2. The van der Waals surface area contributed by atoms with E-state index in [1.807, 2.05) is 10.8 Å². The van der Waals surface area contributed by atoms with Crippen LogP contribution in [0, 0.1) is 0 Å². The highest BCUT2D eigenvalue weighted by Crippen LogP contribution is 2.09. The molecule has 18 heavy (non-hydrogen) atoms. The summed E-state index contributed by atoms with van der Waals surface area (Å²) < 4.78 is 1.84. The lowest BCUT2D eigenvalue weighted by Crippen LogP contribution is -2.07. The van der Waals surface area contributed by atoms with E-state index >= 15 is 0 Å². The fraction of sp³-hybridized carbons (Fsp3) is 0.733. The molecule has 0 atom stereocenters. The van der Waals surface area contributed by atoms with E-state index in [2.05, 4.69) is 11.9 Å². The molecule has 0 bridgehead atoms. The highest BCUT2D eigenvalue weighted by atomic mass is 16.1. The first kappa shape index (κ1) is 14.9. The third-order valence-corrected chi connectivity index (χ3v) is 3.23. The normalized spacial score (nSPS) is 10.7. The molecular weight excluding hydrogens is 224 g/mol. The van der Waals surface area contributed by atoms with Gasteiger partial charge in [0.1, 0.15) is 0 Å². The van der Waals surface area contributed by atoms with E-state index in [-0.39, 0.29) is 0 Å². The predicted octanol–water partition coefficient (Wildman–Crippen LogP) is 3.98. The summed E-state index contributed by atoms with van der Waals surface area (Å²) >= 11 is 0. The zero-order chi connectivity index (χ0) is 13.1. The van der Waals surface area contributed by atoms with E-state index in [1.54, 1.807) is 12.5 Å². The summed E-state index contributed by atoms with van der Waals surface area (Å²) in [5.74, 6) is 0.319. The molecule has 0 aliphatic rings. The van der Waals surface area contributed by atoms with Gasteiger partial charge in [-0.05, 0) is 6.42 Å². The van der Waals surface area contributed by atoms with Gasteiger partial charge < -0.3 is 4.57 Å². The molecule has 3 heteroatoms. The highest BCUT2D eigenvalue weighted by molar-refractivity contribution is 5.78. The van der Waals surface area contributed by atoms with Gasteiger partial charge in [0.15, 0.2) is 5.78 Å². The standard InChI is InChI=1S/C15H26N2O/c1-2-3-4-5-6-7-8-9-10-15(18)13-17-12-11-16-14-17/h11-12,14H,2-10,13H2,1H3. The van der Waals surface area contributed by atoms with Crippen LogP contribution < -0.4 is 0 Å². The molecule has 1 aromatic heterocycles. The van der Waals surface area contributed by atoms with Crippen LogP contribution >= 0.6 is 0 Å². The van der Waals surface area contributed by atoms with E-state index in [0.717, 1.165) is 6.42 Å². The van der Waals surface area contributed by atoms with Crippen molar-refractivity contribution in [1.82, 2.24) is 9.55 Å². The fourth-order valence-corrected chi connectivity index (χ4v) is 2.12. The van der Waals surface area contributed by atoms with Crippen molar-refractivity contribution >= 4 is 5.78 Å². The van der Waals surface area contributed by atoms with Gasteiger partial charge in [-0.15, -0.1) is 0 Å². The zero-order valence-corrected chi connectivity index (χ0v) is 11.6. The molecule has 0 saturated carbocycles. The molecule has 1 rings (SSSR count). The third kappa shape index (κ3) is 7.25. The molecule has 1 heterocycles. The number of hydrogen-bond donors (Lipinski definition) is 0. The molecule has 0 amide bonds. The van der Waals surface area contributed by atoms with Gasteiger partial charge in [0, 0.05) is 18.8 Å². The van der Waals surface area contributed by atoms with Crippen molar-refractivity contribution in [3.8, 4) is 0 Å². The Balaban J connectivity index is 1.90. The minimum Gasteiger partial charge on any atom is -0.330 e. The van der Waals surface area contributed by atoms with Gasteiger partial charge in [-0.1, -0.05) is 51.9 Å². The first-order valence-corrected chi connectivity index (χ1v) is 7.30. The van der Waals surface area contributed by atoms with Gasteiger partial charge in [-0.3, -0.25) is 4.79 Å². The molecule has 0 aromatic carbocycles. The van der Waals surface area contributed by atoms with Crippen molar-refractivity contribution < 1.29 is 4.79 Å². The quantitative estimate of drug-likeness (QED) is 0.557. The SMILES string of the molecule is CCCCCCCCCCC(=O)Cn1ccnc1.